The highest BCUT2D eigenvalue weighted by atomic mass is 35.5. The molecule has 136 valence electrons. The minimum Gasteiger partial charge on any atom is -0.450 e. The third kappa shape index (κ3) is 4.82. The molecule has 1 aliphatic heterocycles. The Hall–Kier alpha value is -2.35. The fraction of sp³-hybridized carbons (Fsp3) is 0.438. The molecule has 1 aromatic rings. The van der Waals surface area contributed by atoms with E-state index in [-0.39, 0.29) is 48.8 Å². The van der Waals surface area contributed by atoms with Crippen LogP contribution >= 0.6 is 11.6 Å². The fourth-order valence-electron chi connectivity index (χ4n) is 2.76. The maximum Gasteiger partial charge on any atom is 0.507 e. The molecular formula is C16H18ClFN2O5. The summed E-state index contributed by atoms with van der Waals surface area (Å²) >= 11 is 5.90. The summed E-state index contributed by atoms with van der Waals surface area (Å²) in [6.07, 6.45) is -1.68. The summed E-state index contributed by atoms with van der Waals surface area (Å²) < 4.78 is 18.7. The maximum atomic E-state index is 13.8. The standard InChI is InChI=1S/C16H18ClFN2O5/c1-10(21)20-7-5-16(6-8-20,25-15(23)24)19-14(22)9-11-12(17)3-2-4-13(11)18/h2-4H,5-9H2,1H3,(H,19,22)(H,23,24). The molecule has 1 aliphatic rings. The molecule has 0 spiro atoms. The van der Waals surface area contributed by atoms with Gasteiger partial charge in [0.1, 0.15) is 5.82 Å². The number of hydrogen-bond donors (Lipinski definition) is 2. The number of amides is 2. The van der Waals surface area contributed by atoms with Gasteiger partial charge in [0.05, 0.1) is 6.42 Å². The highest BCUT2D eigenvalue weighted by molar-refractivity contribution is 6.31. The molecule has 0 aromatic heterocycles. The van der Waals surface area contributed by atoms with Crippen molar-refractivity contribution >= 4 is 29.6 Å². The number of hydrogen-bond acceptors (Lipinski definition) is 4. The number of piperidine rings is 1. The molecule has 0 atom stereocenters. The van der Waals surface area contributed by atoms with E-state index >= 15 is 0 Å². The van der Waals surface area contributed by atoms with Gasteiger partial charge < -0.3 is 20.1 Å². The zero-order chi connectivity index (χ0) is 18.6. The van der Waals surface area contributed by atoms with Crippen LogP contribution in [0.4, 0.5) is 9.18 Å². The van der Waals surface area contributed by atoms with E-state index in [9.17, 15) is 18.8 Å². The van der Waals surface area contributed by atoms with Crippen molar-refractivity contribution in [3.63, 3.8) is 0 Å². The van der Waals surface area contributed by atoms with E-state index in [0.29, 0.717) is 0 Å². The molecule has 2 amide bonds. The van der Waals surface area contributed by atoms with Crippen molar-refractivity contribution in [3.05, 3.63) is 34.6 Å². The van der Waals surface area contributed by atoms with Gasteiger partial charge in [-0.15, -0.1) is 0 Å². The van der Waals surface area contributed by atoms with Crippen LogP contribution in [-0.2, 0) is 20.7 Å². The number of carboxylic acid groups (broad SMARTS) is 1. The third-order valence-electron chi connectivity index (χ3n) is 4.07. The Morgan fingerprint density at radius 3 is 2.52 bits per heavy atom. The number of carbonyl (C=O) groups excluding carboxylic acids is 2. The van der Waals surface area contributed by atoms with Gasteiger partial charge in [-0.25, -0.2) is 9.18 Å². The number of benzene rings is 1. The first-order valence-corrected chi connectivity index (χ1v) is 8.01. The predicted molar refractivity (Wildman–Crippen MR) is 86.6 cm³/mol. The Labute approximate surface area is 148 Å². The van der Waals surface area contributed by atoms with Crippen LogP contribution < -0.4 is 5.32 Å². The van der Waals surface area contributed by atoms with Crippen LogP contribution in [0.3, 0.4) is 0 Å². The fourth-order valence-corrected chi connectivity index (χ4v) is 2.99. The first kappa shape index (κ1) is 19.0. The number of carbonyl (C=O) groups is 3. The zero-order valence-corrected chi connectivity index (χ0v) is 14.3. The molecule has 1 saturated heterocycles. The second kappa shape index (κ2) is 7.69. The monoisotopic (exact) mass is 372 g/mol. The highest BCUT2D eigenvalue weighted by Crippen LogP contribution is 2.25. The molecule has 9 heteroatoms. The first-order valence-electron chi connectivity index (χ1n) is 7.64. The summed E-state index contributed by atoms with van der Waals surface area (Å²) in [4.78, 5) is 36.2. The summed E-state index contributed by atoms with van der Waals surface area (Å²) in [5, 5.41) is 11.6. The molecule has 1 heterocycles. The normalized spacial score (nSPS) is 16.2. The summed E-state index contributed by atoms with van der Waals surface area (Å²) in [5.74, 6) is -1.39. The Bertz CT molecular complexity index is 669. The van der Waals surface area contributed by atoms with Crippen LogP contribution in [-0.4, -0.2) is 46.8 Å². The second-order valence-electron chi connectivity index (χ2n) is 5.79. The van der Waals surface area contributed by atoms with Crippen molar-refractivity contribution in [2.45, 2.75) is 31.9 Å². The Morgan fingerprint density at radius 2 is 2.00 bits per heavy atom. The van der Waals surface area contributed by atoms with Gasteiger partial charge in [-0.05, 0) is 12.1 Å². The van der Waals surface area contributed by atoms with Crippen molar-refractivity contribution in [2.75, 3.05) is 13.1 Å². The first-order chi connectivity index (χ1) is 11.7. The van der Waals surface area contributed by atoms with Gasteiger partial charge in [0.2, 0.25) is 11.8 Å². The van der Waals surface area contributed by atoms with E-state index < -0.39 is 23.6 Å². The van der Waals surface area contributed by atoms with Crippen LogP contribution in [0.2, 0.25) is 5.02 Å². The average Bonchev–Trinajstić information content (AvgIpc) is 2.50. The van der Waals surface area contributed by atoms with Crippen LogP contribution in [0.1, 0.15) is 25.3 Å². The molecule has 0 saturated carbocycles. The SMILES string of the molecule is CC(=O)N1CCC(NC(=O)Cc2c(F)cccc2Cl)(OC(=O)O)CC1. The highest BCUT2D eigenvalue weighted by Gasteiger charge is 2.40. The number of nitrogens with one attached hydrogen (secondary N) is 1. The van der Waals surface area contributed by atoms with Crippen LogP contribution in [0.15, 0.2) is 18.2 Å². The average molecular weight is 373 g/mol. The minimum absolute atomic E-state index is 0.0216. The van der Waals surface area contributed by atoms with E-state index in [1.807, 2.05) is 0 Å². The van der Waals surface area contributed by atoms with Crippen molar-refractivity contribution in [1.29, 1.82) is 0 Å². The van der Waals surface area contributed by atoms with Crippen LogP contribution in [0.25, 0.3) is 0 Å². The number of halogens is 2. The van der Waals surface area contributed by atoms with Crippen LogP contribution in [0, 0.1) is 5.82 Å². The van der Waals surface area contributed by atoms with E-state index in [4.69, 9.17) is 21.4 Å². The maximum absolute atomic E-state index is 13.8. The van der Waals surface area contributed by atoms with Crippen molar-refractivity contribution in [1.82, 2.24) is 10.2 Å². The third-order valence-corrected chi connectivity index (χ3v) is 4.42. The van der Waals surface area contributed by atoms with Gasteiger partial charge in [0.15, 0.2) is 5.72 Å². The zero-order valence-electron chi connectivity index (χ0n) is 13.6. The molecule has 2 rings (SSSR count). The van der Waals surface area contributed by atoms with Gasteiger partial charge in [-0.2, -0.15) is 0 Å². The quantitative estimate of drug-likeness (QED) is 0.623. The Balaban J connectivity index is 2.11. The van der Waals surface area contributed by atoms with Crippen molar-refractivity contribution in [2.24, 2.45) is 0 Å². The van der Waals surface area contributed by atoms with E-state index in [0.717, 1.165) is 0 Å². The molecular weight excluding hydrogens is 355 g/mol. The summed E-state index contributed by atoms with van der Waals surface area (Å²) in [6.45, 7) is 1.89. The lowest BCUT2D eigenvalue weighted by molar-refractivity contribution is -0.140. The van der Waals surface area contributed by atoms with E-state index in [1.54, 1.807) is 0 Å². The number of ether oxygens (including phenoxy) is 1. The van der Waals surface area contributed by atoms with Gasteiger partial charge in [0, 0.05) is 43.4 Å². The Kier molecular flexibility index (Phi) is 5.84. The van der Waals surface area contributed by atoms with Crippen molar-refractivity contribution < 1.29 is 28.6 Å². The minimum atomic E-state index is -1.54. The lowest BCUT2D eigenvalue weighted by atomic mass is 9.99. The number of nitrogens with zero attached hydrogens (tertiary/aromatic N) is 1. The molecule has 0 bridgehead atoms. The van der Waals surface area contributed by atoms with Crippen molar-refractivity contribution in [3.8, 4) is 0 Å². The molecule has 0 radical (unpaired) electrons. The number of likely N-dealkylation sites (tertiary alicyclic amines) is 1. The summed E-state index contributed by atoms with van der Waals surface area (Å²) in [6, 6.07) is 4.07. The van der Waals surface area contributed by atoms with E-state index in [2.05, 4.69) is 5.32 Å². The smallest absolute Gasteiger partial charge is 0.450 e. The molecule has 25 heavy (non-hydrogen) atoms. The molecule has 0 aliphatic carbocycles. The van der Waals surface area contributed by atoms with Gasteiger partial charge >= 0.3 is 6.16 Å². The molecule has 1 aromatic carbocycles. The summed E-state index contributed by atoms with van der Waals surface area (Å²) in [5.41, 5.74) is -1.43. The molecule has 7 nitrogen and oxygen atoms in total. The molecule has 1 fully saturated rings. The van der Waals surface area contributed by atoms with E-state index in [1.165, 1.54) is 30.0 Å². The number of rotatable bonds is 4. The van der Waals surface area contributed by atoms with Crippen LogP contribution in [0.5, 0.6) is 0 Å². The van der Waals surface area contributed by atoms with Gasteiger partial charge in [0.25, 0.3) is 0 Å². The predicted octanol–water partition coefficient (Wildman–Crippen LogP) is 2.17. The second-order valence-corrected chi connectivity index (χ2v) is 6.20. The lowest BCUT2D eigenvalue weighted by Gasteiger charge is -2.40. The molecule has 2 N–H and O–H groups in total. The molecule has 0 unspecified atom stereocenters. The lowest BCUT2D eigenvalue weighted by Crippen LogP contribution is -2.58. The largest absolute Gasteiger partial charge is 0.507 e. The Morgan fingerprint density at radius 1 is 1.36 bits per heavy atom. The summed E-state index contributed by atoms with van der Waals surface area (Å²) in [7, 11) is 0. The van der Waals surface area contributed by atoms with Gasteiger partial charge in [-0.1, -0.05) is 17.7 Å². The van der Waals surface area contributed by atoms with Gasteiger partial charge in [-0.3, -0.25) is 9.59 Å². The topological polar surface area (TPSA) is 95.9 Å².